The SMILES string of the molecule is CC[C@H](C)OC(=O)CSc1ncnc2scc(-c3ccc(C)cc3)c12. The summed E-state index contributed by atoms with van der Waals surface area (Å²) in [6.45, 7) is 5.97. The molecule has 2 heterocycles. The van der Waals surface area contributed by atoms with Crippen molar-refractivity contribution in [1.82, 2.24) is 9.97 Å². The topological polar surface area (TPSA) is 52.1 Å². The Morgan fingerprint density at radius 1 is 1.28 bits per heavy atom. The first-order chi connectivity index (χ1) is 12.1. The van der Waals surface area contributed by atoms with E-state index in [9.17, 15) is 4.79 Å². The van der Waals surface area contributed by atoms with Gasteiger partial charge in [0.05, 0.1) is 17.2 Å². The number of aromatic nitrogens is 2. The molecule has 0 aliphatic carbocycles. The number of fused-ring (bicyclic) bond motifs is 1. The van der Waals surface area contributed by atoms with Gasteiger partial charge in [0.25, 0.3) is 0 Å². The number of thiophene rings is 1. The standard InChI is InChI=1S/C19H20N2O2S2/c1-4-13(3)23-16(22)10-25-19-17-15(9-24-18(17)20-11-21-19)14-7-5-12(2)6-8-14/h5-9,11,13H,4,10H2,1-3H3/t13-/m0/s1. The van der Waals surface area contributed by atoms with E-state index < -0.39 is 0 Å². The van der Waals surface area contributed by atoms with Crippen LogP contribution in [0.4, 0.5) is 0 Å². The highest BCUT2D eigenvalue weighted by molar-refractivity contribution is 8.00. The second-order valence-corrected chi connectivity index (χ2v) is 7.69. The molecule has 6 heteroatoms. The lowest BCUT2D eigenvalue weighted by Crippen LogP contribution is -2.15. The minimum atomic E-state index is -0.210. The van der Waals surface area contributed by atoms with Crippen molar-refractivity contribution in [3.05, 3.63) is 41.5 Å². The Bertz CT molecular complexity index is 875. The van der Waals surface area contributed by atoms with Crippen molar-refractivity contribution < 1.29 is 9.53 Å². The first kappa shape index (κ1) is 17.9. The average molecular weight is 373 g/mol. The molecule has 130 valence electrons. The highest BCUT2D eigenvalue weighted by Crippen LogP contribution is 2.37. The molecule has 0 amide bonds. The Balaban J connectivity index is 1.87. The van der Waals surface area contributed by atoms with Crippen LogP contribution in [-0.4, -0.2) is 27.8 Å². The van der Waals surface area contributed by atoms with E-state index >= 15 is 0 Å². The first-order valence-electron chi connectivity index (χ1n) is 8.20. The fourth-order valence-corrected chi connectivity index (χ4v) is 4.15. The summed E-state index contributed by atoms with van der Waals surface area (Å²) in [6.07, 6.45) is 2.32. The summed E-state index contributed by atoms with van der Waals surface area (Å²) in [7, 11) is 0. The number of carbonyl (C=O) groups excluding carboxylic acids is 1. The van der Waals surface area contributed by atoms with Gasteiger partial charge in [0.2, 0.25) is 0 Å². The van der Waals surface area contributed by atoms with Gasteiger partial charge in [0.1, 0.15) is 16.2 Å². The quantitative estimate of drug-likeness (QED) is 0.342. The molecule has 0 radical (unpaired) electrons. The fourth-order valence-electron chi connectivity index (χ4n) is 2.37. The summed E-state index contributed by atoms with van der Waals surface area (Å²) < 4.78 is 5.34. The molecule has 1 aromatic carbocycles. The molecule has 0 saturated heterocycles. The number of rotatable bonds is 6. The third kappa shape index (κ3) is 4.19. The van der Waals surface area contributed by atoms with Gasteiger partial charge in [-0.05, 0) is 25.8 Å². The molecule has 1 atom stereocenters. The van der Waals surface area contributed by atoms with Gasteiger partial charge in [0.15, 0.2) is 0 Å². The van der Waals surface area contributed by atoms with Gasteiger partial charge in [-0.15, -0.1) is 11.3 Å². The minimum absolute atomic E-state index is 0.0530. The van der Waals surface area contributed by atoms with Crippen molar-refractivity contribution in [2.24, 2.45) is 0 Å². The third-order valence-corrected chi connectivity index (χ3v) is 5.78. The Morgan fingerprint density at radius 2 is 2.04 bits per heavy atom. The van der Waals surface area contributed by atoms with Crippen molar-refractivity contribution in [1.29, 1.82) is 0 Å². The van der Waals surface area contributed by atoms with Crippen molar-refractivity contribution >= 4 is 39.3 Å². The van der Waals surface area contributed by atoms with E-state index in [0.717, 1.165) is 32.8 Å². The molecule has 3 aromatic rings. The van der Waals surface area contributed by atoms with E-state index in [0.29, 0.717) is 0 Å². The molecule has 0 unspecified atom stereocenters. The molecular formula is C19H20N2O2S2. The van der Waals surface area contributed by atoms with E-state index in [1.165, 1.54) is 17.3 Å². The molecule has 4 nitrogen and oxygen atoms in total. The Labute approximate surface area is 155 Å². The first-order valence-corrected chi connectivity index (χ1v) is 10.1. The summed E-state index contributed by atoms with van der Waals surface area (Å²) >= 11 is 3.00. The summed E-state index contributed by atoms with van der Waals surface area (Å²) in [5.74, 6) is 0.0397. The van der Waals surface area contributed by atoms with E-state index in [4.69, 9.17) is 4.74 Å². The number of esters is 1. The number of benzene rings is 1. The Hall–Kier alpha value is -1.92. The van der Waals surface area contributed by atoms with Crippen molar-refractivity contribution in [3.8, 4) is 11.1 Å². The highest BCUT2D eigenvalue weighted by atomic mass is 32.2. The molecule has 0 spiro atoms. The fraction of sp³-hybridized carbons (Fsp3) is 0.316. The lowest BCUT2D eigenvalue weighted by atomic mass is 10.1. The maximum atomic E-state index is 12.0. The predicted molar refractivity (Wildman–Crippen MR) is 104 cm³/mol. The number of carbonyl (C=O) groups is 1. The van der Waals surface area contributed by atoms with Gasteiger partial charge >= 0.3 is 5.97 Å². The van der Waals surface area contributed by atoms with Gasteiger partial charge in [-0.2, -0.15) is 0 Å². The monoisotopic (exact) mass is 372 g/mol. The van der Waals surface area contributed by atoms with Gasteiger partial charge in [0, 0.05) is 10.9 Å². The normalized spacial score (nSPS) is 12.3. The lowest BCUT2D eigenvalue weighted by molar-refractivity contribution is -0.144. The summed E-state index contributed by atoms with van der Waals surface area (Å²) in [6, 6.07) is 8.41. The zero-order valence-electron chi connectivity index (χ0n) is 14.5. The number of aryl methyl sites for hydroxylation is 1. The van der Waals surface area contributed by atoms with Crippen molar-refractivity contribution in [2.75, 3.05) is 5.75 Å². The third-order valence-electron chi connectivity index (χ3n) is 3.93. The molecule has 0 fully saturated rings. The molecule has 25 heavy (non-hydrogen) atoms. The van der Waals surface area contributed by atoms with Crippen LogP contribution in [0.5, 0.6) is 0 Å². The second-order valence-electron chi connectivity index (χ2n) is 5.87. The number of ether oxygens (including phenoxy) is 1. The van der Waals surface area contributed by atoms with Crippen LogP contribution < -0.4 is 0 Å². The van der Waals surface area contributed by atoms with E-state index in [2.05, 4.69) is 46.5 Å². The summed E-state index contributed by atoms with van der Waals surface area (Å²) in [5.41, 5.74) is 3.47. The van der Waals surface area contributed by atoms with Crippen LogP contribution in [-0.2, 0) is 9.53 Å². The van der Waals surface area contributed by atoms with Crippen LogP contribution in [0.15, 0.2) is 41.0 Å². The van der Waals surface area contributed by atoms with Crippen molar-refractivity contribution in [2.45, 2.75) is 38.3 Å². The van der Waals surface area contributed by atoms with E-state index in [1.807, 2.05) is 13.8 Å². The van der Waals surface area contributed by atoms with Gasteiger partial charge < -0.3 is 4.74 Å². The molecule has 0 saturated carbocycles. The highest BCUT2D eigenvalue weighted by Gasteiger charge is 2.15. The van der Waals surface area contributed by atoms with E-state index in [1.54, 1.807) is 17.7 Å². The lowest BCUT2D eigenvalue weighted by Gasteiger charge is -2.10. The maximum absolute atomic E-state index is 12.0. The molecule has 0 aliphatic rings. The van der Waals surface area contributed by atoms with Gasteiger partial charge in [-0.25, -0.2) is 9.97 Å². The summed E-state index contributed by atoms with van der Waals surface area (Å²) in [5, 5.41) is 3.94. The van der Waals surface area contributed by atoms with Gasteiger partial charge in [-0.1, -0.05) is 48.5 Å². The molecule has 0 bridgehead atoms. The molecule has 0 aliphatic heterocycles. The Kier molecular flexibility index (Phi) is 5.71. The maximum Gasteiger partial charge on any atom is 0.316 e. The van der Waals surface area contributed by atoms with Crippen LogP contribution in [0.3, 0.4) is 0 Å². The van der Waals surface area contributed by atoms with Crippen LogP contribution in [0, 0.1) is 6.92 Å². The smallest absolute Gasteiger partial charge is 0.316 e. The minimum Gasteiger partial charge on any atom is -0.462 e. The van der Waals surface area contributed by atoms with Crippen molar-refractivity contribution in [3.63, 3.8) is 0 Å². The average Bonchev–Trinajstić information content (AvgIpc) is 3.05. The number of nitrogens with zero attached hydrogens (tertiary/aromatic N) is 2. The number of thioether (sulfide) groups is 1. The largest absolute Gasteiger partial charge is 0.462 e. The molecule has 3 rings (SSSR count). The molecule has 0 N–H and O–H groups in total. The molecular weight excluding hydrogens is 352 g/mol. The zero-order chi connectivity index (χ0) is 17.8. The predicted octanol–water partition coefficient (Wildman–Crippen LogP) is 5.10. The van der Waals surface area contributed by atoms with Crippen LogP contribution in [0.1, 0.15) is 25.8 Å². The zero-order valence-corrected chi connectivity index (χ0v) is 16.1. The van der Waals surface area contributed by atoms with Crippen LogP contribution >= 0.6 is 23.1 Å². The van der Waals surface area contributed by atoms with Crippen LogP contribution in [0.25, 0.3) is 21.3 Å². The number of hydrogen-bond donors (Lipinski definition) is 0. The second kappa shape index (κ2) is 7.97. The van der Waals surface area contributed by atoms with Crippen LogP contribution in [0.2, 0.25) is 0 Å². The molecule has 2 aromatic heterocycles. The Morgan fingerprint density at radius 3 is 2.76 bits per heavy atom. The number of hydrogen-bond acceptors (Lipinski definition) is 6. The summed E-state index contributed by atoms with van der Waals surface area (Å²) in [4.78, 5) is 21.7. The van der Waals surface area contributed by atoms with Gasteiger partial charge in [-0.3, -0.25) is 4.79 Å². The van der Waals surface area contributed by atoms with E-state index in [-0.39, 0.29) is 17.8 Å².